The summed E-state index contributed by atoms with van der Waals surface area (Å²) < 4.78 is 0. The number of ketones is 3. The Labute approximate surface area is 145 Å². The maximum Gasteiger partial charge on any atom is 0.190 e. The van der Waals surface area contributed by atoms with E-state index in [9.17, 15) is 19.5 Å². The van der Waals surface area contributed by atoms with Gasteiger partial charge in [-0.3, -0.25) is 14.4 Å². The first kappa shape index (κ1) is 20.8. The molecule has 0 spiro atoms. The van der Waals surface area contributed by atoms with E-state index < -0.39 is 11.5 Å². The van der Waals surface area contributed by atoms with Gasteiger partial charge in [0.25, 0.3) is 0 Å². The Kier molecular flexibility index (Phi) is 8.01. The van der Waals surface area contributed by atoms with Crippen LogP contribution < -0.4 is 0 Å². The van der Waals surface area contributed by atoms with E-state index in [4.69, 9.17) is 0 Å². The minimum atomic E-state index is -1.51. The van der Waals surface area contributed by atoms with Crippen LogP contribution in [-0.2, 0) is 14.4 Å². The second-order valence-electron chi connectivity index (χ2n) is 7.27. The van der Waals surface area contributed by atoms with E-state index in [0.29, 0.717) is 24.8 Å². The molecule has 0 radical (unpaired) electrons. The Morgan fingerprint density at radius 2 is 1.79 bits per heavy atom. The summed E-state index contributed by atoms with van der Waals surface area (Å²) in [6.07, 6.45) is 5.65. The number of unbranched alkanes of at least 4 members (excludes halogenated alkanes) is 2. The van der Waals surface area contributed by atoms with Gasteiger partial charge in [-0.1, -0.05) is 32.3 Å². The van der Waals surface area contributed by atoms with Gasteiger partial charge in [0.2, 0.25) is 0 Å². The molecule has 0 amide bonds. The number of carbonyl (C=O) groups excluding carboxylic acids is 3. The molecule has 1 rings (SSSR count). The fourth-order valence-electron chi connectivity index (χ4n) is 3.40. The van der Waals surface area contributed by atoms with Crippen molar-refractivity contribution in [3.8, 4) is 0 Å². The fraction of sp³-hybridized carbons (Fsp3) is 0.750. The molecule has 0 saturated heterocycles. The molecular formula is C20H32O4. The average Bonchev–Trinajstić information content (AvgIpc) is 2.51. The van der Waals surface area contributed by atoms with E-state index in [1.165, 1.54) is 6.92 Å². The van der Waals surface area contributed by atoms with Gasteiger partial charge in [-0.25, -0.2) is 0 Å². The molecule has 1 aliphatic carbocycles. The molecule has 0 aromatic heterocycles. The molecule has 0 bridgehead atoms. The molecule has 0 heterocycles. The largest absolute Gasteiger partial charge is 0.382 e. The van der Waals surface area contributed by atoms with E-state index in [2.05, 4.69) is 6.92 Å². The first-order valence-corrected chi connectivity index (χ1v) is 9.23. The lowest BCUT2D eigenvalue weighted by Gasteiger charge is -2.37. The maximum atomic E-state index is 12.5. The van der Waals surface area contributed by atoms with E-state index in [1.54, 1.807) is 6.92 Å². The number of aliphatic hydroxyl groups is 1. The van der Waals surface area contributed by atoms with Crippen molar-refractivity contribution < 1.29 is 19.5 Å². The SMILES string of the molecule is CCCCCC(=O)C[C@@H]1CC(CC(=O)CCC)=C(C)C(=O)[C@]1(C)O. The van der Waals surface area contributed by atoms with Crippen LogP contribution in [0.25, 0.3) is 0 Å². The van der Waals surface area contributed by atoms with Crippen LogP contribution in [0.3, 0.4) is 0 Å². The highest BCUT2D eigenvalue weighted by Gasteiger charge is 2.44. The lowest BCUT2D eigenvalue weighted by atomic mass is 9.70. The highest BCUT2D eigenvalue weighted by molar-refractivity contribution is 6.04. The summed E-state index contributed by atoms with van der Waals surface area (Å²) in [6, 6.07) is 0. The second-order valence-corrected chi connectivity index (χ2v) is 7.27. The maximum absolute atomic E-state index is 12.5. The quantitative estimate of drug-likeness (QED) is 0.613. The third kappa shape index (κ3) is 5.37. The lowest BCUT2D eigenvalue weighted by molar-refractivity contribution is -0.140. The van der Waals surface area contributed by atoms with Gasteiger partial charge in [0, 0.05) is 31.6 Å². The molecule has 24 heavy (non-hydrogen) atoms. The Hall–Kier alpha value is -1.29. The van der Waals surface area contributed by atoms with Crippen LogP contribution in [0.5, 0.6) is 0 Å². The van der Waals surface area contributed by atoms with Gasteiger partial charge in [-0.15, -0.1) is 0 Å². The molecule has 4 nitrogen and oxygen atoms in total. The lowest BCUT2D eigenvalue weighted by Crippen LogP contribution is -2.47. The number of hydrogen-bond acceptors (Lipinski definition) is 4. The number of allylic oxidation sites excluding steroid dienone is 1. The third-order valence-corrected chi connectivity index (χ3v) is 5.09. The van der Waals surface area contributed by atoms with Crippen LogP contribution in [0.2, 0.25) is 0 Å². The molecular weight excluding hydrogens is 304 g/mol. The predicted molar refractivity (Wildman–Crippen MR) is 94.7 cm³/mol. The number of hydrogen-bond donors (Lipinski definition) is 1. The summed E-state index contributed by atoms with van der Waals surface area (Å²) in [6.45, 7) is 7.23. The van der Waals surface area contributed by atoms with Crippen LogP contribution in [-0.4, -0.2) is 28.1 Å². The molecule has 0 aliphatic heterocycles. The van der Waals surface area contributed by atoms with Crippen molar-refractivity contribution in [1.29, 1.82) is 0 Å². The Bertz CT molecular complexity index is 514. The smallest absolute Gasteiger partial charge is 0.190 e. The van der Waals surface area contributed by atoms with Crippen LogP contribution in [0, 0.1) is 5.92 Å². The predicted octanol–water partition coefficient (Wildman–Crippen LogP) is 3.94. The van der Waals surface area contributed by atoms with E-state index in [-0.39, 0.29) is 30.2 Å². The topological polar surface area (TPSA) is 71.4 Å². The van der Waals surface area contributed by atoms with Crippen LogP contribution in [0.4, 0.5) is 0 Å². The van der Waals surface area contributed by atoms with Gasteiger partial charge >= 0.3 is 0 Å². The number of rotatable bonds is 10. The normalized spacial score (nSPS) is 24.4. The summed E-state index contributed by atoms with van der Waals surface area (Å²) in [5, 5.41) is 10.6. The Balaban J connectivity index is 2.84. The molecule has 4 heteroatoms. The Morgan fingerprint density at radius 3 is 2.38 bits per heavy atom. The summed E-state index contributed by atoms with van der Waals surface area (Å²) in [5.74, 6) is -0.541. The molecule has 2 atom stereocenters. The minimum absolute atomic E-state index is 0.0975. The van der Waals surface area contributed by atoms with E-state index in [1.807, 2.05) is 6.92 Å². The van der Waals surface area contributed by atoms with Crippen molar-refractivity contribution >= 4 is 17.3 Å². The van der Waals surface area contributed by atoms with Crippen molar-refractivity contribution in [2.24, 2.45) is 5.92 Å². The molecule has 0 saturated carbocycles. The first-order valence-electron chi connectivity index (χ1n) is 9.23. The molecule has 136 valence electrons. The van der Waals surface area contributed by atoms with E-state index >= 15 is 0 Å². The zero-order valence-electron chi connectivity index (χ0n) is 15.6. The number of carbonyl (C=O) groups is 3. The minimum Gasteiger partial charge on any atom is -0.382 e. The highest BCUT2D eigenvalue weighted by Crippen LogP contribution is 2.38. The van der Waals surface area contributed by atoms with Gasteiger partial charge in [-0.05, 0) is 38.7 Å². The standard InChI is InChI=1S/C20H32O4/c1-5-7-8-10-18(22)13-16-11-15(12-17(21)9-6-2)14(3)19(23)20(16,4)24/h16,24H,5-13H2,1-4H3/t16-,20+/m0/s1. The van der Waals surface area contributed by atoms with Crippen LogP contribution in [0.15, 0.2) is 11.1 Å². The third-order valence-electron chi connectivity index (χ3n) is 5.09. The fourth-order valence-corrected chi connectivity index (χ4v) is 3.40. The van der Waals surface area contributed by atoms with Gasteiger partial charge < -0.3 is 5.11 Å². The van der Waals surface area contributed by atoms with Crippen LogP contribution in [0.1, 0.15) is 85.5 Å². The Morgan fingerprint density at radius 1 is 1.12 bits per heavy atom. The molecule has 0 fully saturated rings. The highest BCUT2D eigenvalue weighted by atomic mass is 16.3. The van der Waals surface area contributed by atoms with Crippen molar-refractivity contribution in [1.82, 2.24) is 0 Å². The monoisotopic (exact) mass is 336 g/mol. The number of Topliss-reactive ketones (excluding diaryl/α,β-unsaturated/α-hetero) is 3. The van der Waals surface area contributed by atoms with Crippen molar-refractivity contribution in [3.63, 3.8) is 0 Å². The summed E-state index contributed by atoms with van der Waals surface area (Å²) in [7, 11) is 0. The molecule has 1 aliphatic rings. The van der Waals surface area contributed by atoms with Crippen molar-refractivity contribution in [2.75, 3.05) is 0 Å². The van der Waals surface area contributed by atoms with E-state index in [0.717, 1.165) is 31.3 Å². The van der Waals surface area contributed by atoms with Gasteiger partial charge in [0.15, 0.2) is 5.78 Å². The summed E-state index contributed by atoms with van der Waals surface area (Å²) in [5.41, 5.74) is -0.211. The summed E-state index contributed by atoms with van der Waals surface area (Å²) in [4.78, 5) is 36.7. The average molecular weight is 336 g/mol. The molecule has 1 N–H and O–H groups in total. The van der Waals surface area contributed by atoms with Gasteiger partial charge in [-0.2, -0.15) is 0 Å². The molecule has 0 unspecified atom stereocenters. The summed E-state index contributed by atoms with van der Waals surface area (Å²) >= 11 is 0. The zero-order valence-corrected chi connectivity index (χ0v) is 15.6. The van der Waals surface area contributed by atoms with Crippen LogP contribution >= 0.6 is 0 Å². The van der Waals surface area contributed by atoms with Crippen molar-refractivity contribution in [3.05, 3.63) is 11.1 Å². The molecule has 0 aromatic carbocycles. The second kappa shape index (κ2) is 9.26. The van der Waals surface area contributed by atoms with Gasteiger partial charge in [0.1, 0.15) is 17.2 Å². The molecule has 0 aromatic rings. The van der Waals surface area contributed by atoms with Gasteiger partial charge in [0.05, 0.1) is 0 Å². The first-order chi connectivity index (χ1) is 11.2. The van der Waals surface area contributed by atoms with Crippen molar-refractivity contribution in [2.45, 2.75) is 91.1 Å². The zero-order chi connectivity index (χ0) is 18.3.